The number of hydrogen-bond acceptors (Lipinski definition) is 6. The van der Waals surface area contributed by atoms with E-state index in [1.165, 1.54) is 17.0 Å². The lowest BCUT2D eigenvalue weighted by Gasteiger charge is -2.49. The summed E-state index contributed by atoms with van der Waals surface area (Å²) in [5, 5.41) is 9.57. The average Bonchev–Trinajstić information content (AvgIpc) is 2.91. The largest absolute Gasteiger partial charge is 0.508 e. The molecule has 7 nitrogen and oxygen atoms in total. The molecule has 2 fully saturated rings. The molecule has 1 aromatic heterocycles. The van der Waals surface area contributed by atoms with Crippen LogP contribution in [0.5, 0.6) is 5.75 Å². The fourth-order valence-corrected chi connectivity index (χ4v) is 6.48. The first-order chi connectivity index (χ1) is 13.4. The molecular formula is C20H22N2O5S. The summed E-state index contributed by atoms with van der Waals surface area (Å²) in [5.41, 5.74) is 1.29. The van der Waals surface area contributed by atoms with E-state index in [1.54, 1.807) is 24.5 Å². The molecule has 8 heteroatoms. The van der Waals surface area contributed by atoms with Crippen LogP contribution in [0.15, 0.2) is 48.8 Å². The Morgan fingerprint density at radius 2 is 2.11 bits per heavy atom. The summed E-state index contributed by atoms with van der Waals surface area (Å²) < 4.78 is 30.3. The lowest BCUT2D eigenvalue weighted by Crippen LogP contribution is -2.68. The number of likely N-dealkylation sites (tertiary alicyclic amines) is 1. The summed E-state index contributed by atoms with van der Waals surface area (Å²) in [4.78, 5) is 18.2. The average molecular weight is 402 g/mol. The molecule has 148 valence electrons. The number of amides is 1. The molecule has 3 heterocycles. The van der Waals surface area contributed by atoms with Gasteiger partial charge in [-0.15, -0.1) is 0 Å². The summed E-state index contributed by atoms with van der Waals surface area (Å²) in [6, 6.07) is 9.84. The monoisotopic (exact) mass is 402 g/mol. The summed E-state index contributed by atoms with van der Waals surface area (Å²) in [7, 11) is -3.29. The molecular weight excluding hydrogens is 380 g/mol. The molecule has 0 aliphatic carbocycles. The first kappa shape index (κ1) is 18.9. The topological polar surface area (TPSA) is 96.8 Å². The number of aromatic hydroxyl groups is 1. The summed E-state index contributed by atoms with van der Waals surface area (Å²) in [6.45, 7) is 1.06. The third kappa shape index (κ3) is 3.27. The highest BCUT2D eigenvalue weighted by Gasteiger charge is 2.62. The number of pyridine rings is 1. The number of benzene rings is 1. The molecule has 4 rings (SSSR count). The Bertz CT molecular complexity index is 971. The van der Waals surface area contributed by atoms with Crippen molar-refractivity contribution in [3.8, 4) is 5.75 Å². The second kappa shape index (κ2) is 7.18. The van der Waals surface area contributed by atoms with Crippen LogP contribution < -0.4 is 0 Å². The Hall–Kier alpha value is -2.45. The van der Waals surface area contributed by atoms with E-state index in [2.05, 4.69) is 4.98 Å². The highest BCUT2D eigenvalue weighted by Crippen LogP contribution is 2.45. The fourth-order valence-electron chi connectivity index (χ4n) is 4.08. The van der Waals surface area contributed by atoms with Crippen molar-refractivity contribution in [2.75, 3.05) is 25.4 Å². The van der Waals surface area contributed by atoms with Crippen LogP contribution in [0.3, 0.4) is 0 Å². The standard InChI is InChI=1S/C20H22N2O5S/c23-18-5-1-4-16(9-18)19(24)22-13-20(14-22)17(6-8-28(20,25)26)12-27-11-15-3-2-7-21-10-15/h1-5,7,9-10,17,23H,6,8,11-14H2/t17-/m0/s1. The number of sulfone groups is 1. The highest BCUT2D eigenvalue weighted by molar-refractivity contribution is 7.93. The number of aromatic nitrogens is 1. The molecule has 1 spiro atoms. The van der Waals surface area contributed by atoms with Gasteiger partial charge in [0.05, 0.1) is 19.0 Å². The highest BCUT2D eigenvalue weighted by atomic mass is 32.2. The predicted octanol–water partition coefficient (Wildman–Crippen LogP) is 1.63. The van der Waals surface area contributed by atoms with Crippen LogP contribution in [0.25, 0.3) is 0 Å². The van der Waals surface area contributed by atoms with Crippen LogP contribution in [-0.4, -0.2) is 59.5 Å². The zero-order valence-electron chi connectivity index (χ0n) is 15.3. The third-order valence-electron chi connectivity index (χ3n) is 5.71. The Labute approximate surface area is 163 Å². The minimum absolute atomic E-state index is 0.0104. The molecule has 0 radical (unpaired) electrons. The van der Waals surface area contributed by atoms with Crippen molar-refractivity contribution in [3.63, 3.8) is 0 Å². The van der Waals surface area contributed by atoms with Crippen LogP contribution in [0.1, 0.15) is 22.3 Å². The zero-order valence-corrected chi connectivity index (χ0v) is 16.1. The maximum atomic E-state index is 12.7. The second-order valence-electron chi connectivity index (χ2n) is 7.46. The SMILES string of the molecule is O=C(c1cccc(O)c1)N1CC2(C1)[C@H](COCc1cccnc1)CCS2(=O)=O. The van der Waals surface area contributed by atoms with Crippen molar-refractivity contribution in [1.82, 2.24) is 9.88 Å². The molecule has 0 bridgehead atoms. The van der Waals surface area contributed by atoms with Crippen LogP contribution in [-0.2, 0) is 21.2 Å². The van der Waals surface area contributed by atoms with Crippen molar-refractivity contribution in [1.29, 1.82) is 0 Å². The van der Waals surface area contributed by atoms with Crippen LogP contribution in [0.2, 0.25) is 0 Å². The lowest BCUT2D eigenvalue weighted by atomic mass is 9.83. The van der Waals surface area contributed by atoms with E-state index in [-0.39, 0.29) is 36.4 Å². The van der Waals surface area contributed by atoms with Crippen molar-refractivity contribution >= 4 is 15.7 Å². The van der Waals surface area contributed by atoms with E-state index >= 15 is 0 Å². The molecule has 2 aliphatic rings. The molecule has 2 aliphatic heterocycles. The fraction of sp³-hybridized carbons (Fsp3) is 0.400. The first-order valence-corrected chi connectivity index (χ1v) is 10.8. The van der Waals surface area contributed by atoms with E-state index in [0.29, 0.717) is 25.2 Å². The van der Waals surface area contributed by atoms with Crippen molar-refractivity contribution < 1.29 is 23.1 Å². The molecule has 2 aromatic rings. The number of carbonyl (C=O) groups is 1. The number of hydrogen-bond donors (Lipinski definition) is 1. The Morgan fingerprint density at radius 3 is 2.82 bits per heavy atom. The number of rotatable bonds is 5. The molecule has 0 saturated carbocycles. The molecule has 2 saturated heterocycles. The summed E-state index contributed by atoms with van der Waals surface area (Å²) >= 11 is 0. The van der Waals surface area contributed by atoms with Crippen LogP contribution in [0, 0.1) is 5.92 Å². The van der Waals surface area contributed by atoms with Crippen molar-refractivity contribution in [2.45, 2.75) is 17.8 Å². The minimum Gasteiger partial charge on any atom is -0.508 e. The first-order valence-electron chi connectivity index (χ1n) is 9.18. The molecule has 1 amide bonds. The van der Waals surface area contributed by atoms with Gasteiger partial charge in [-0.05, 0) is 36.2 Å². The van der Waals surface area contributed by atoms with Gasteiger partial charge in [0.2, 0.25) is 0 Å². The van der Waals surface area contributed by atoms with Gasteiger partial charge in [-0.1, -0.05) is 12.1 Å². The zero-order chi connectivity index (χ0) is 19.8. The van der Waals surface area contributed by atoms with E-state index in [0.717, 1.165) is 5.56 Å². The van der Waals surface area contributed by atoms with Gasteiger partial charge in [0.25, 0.3) is 5.91 Å². The number of phenols is 1. The van der Waals surface area contributed by atoms with Crippen LogP contribution in [0.4, 0.5) is 0 Å². The molecule has 1 atom stereocenters. The van der Waals surface area contributed by atoms with E-state index in [4.69, 9.17) is 4.74 Å². The Kier molecular flexibility index (Phi) is 4.84. The third-order valence-corrected chi connectivity index (χ3v) is 8.31. The molecule has 1 aromatic carbocycles. The van der Waals surface area contributed by atoms with Gasteiger partial charge in [-0.3, -0.25) is 9.78 Å². The van der Waals surface area contributed by atoms with E-state index in [1.807, 2.05) is 12.1 Å². The molecule has 0 unspecified atom stereocenters. The smallest absolute Gasteiger partial charge is 0.254 e. The number of ether oxygens (including phenoxy) is 1. The predicted molar refractivity (Wildman–Crippen MR) is 103 cm³/mol. The Balaban J connectivity index is 1.42. The van der Waals surface area contributed by atoms with Gasteiger partial charge in [0, 0.05) is 37.0 Å². The van der Waals surface area contributed by atoms with Gasteiger partial charge < -0.3 is 14.7 Å². The molecule has 28 heavy (non-hydrogen) atoms. The van der Waals surface area contributed by atoms with E-state index in [9.17, 15) is 18.3 Å². The molecule has 1 N–H and O–H groups in total. The minimum atomic E-state index is -3.29. The van der Waals surface area contributed by atoms with Gasteiger partial charge in [-0.2, -0.15) is 0 Å². The van der Waals surface area contributed by atoms with Crippen molar-refractivity contribution in [2.24, 2.45) is 5.92 Å². The lowest BCUT2D eigenvalue weighted by molar-refractivity contribution is 0.0209. The summed E-state index contributed by atoms with van der Waals surface area (Å²) in [6.07, 6.45) is 3.96. The maximum Gasteiger partial charge on any atom is 0.254 e. The quantitative estimate of drug-likeness (QED) is 0.817. The Morgan fingerprint density at radius 1 is 1.29 bits per heavy atom. The number of carbonyl (C=O) groups excluding carboxylic acids is 1. The van der Waals surface area contributed by atoms with Gasteiger partial charge in [0.15, 0.2) is 9.84 Å². The summed E-state index contributed by atoms with van der Waals surface area (Å²) in [5.74, 6) is -0.264. The maximum absolute atomic E-state index is 12.7. The number of nitrogens with zero attached hydrogens (tertiary/aromatic N) is 2. The normalized spacial score (nSPS) is 22.1. The van der Waals surface area contributed by atoms with Gasteiger partial charge >= 0.3 is 0 Å². The second-order valence-corrected chi connectivity index (χ2v) is 9.91. The van der Waals surface area contributed by atoms with Crippen LogP contribution >= 0.6 is 0 Å². The van der Waals surface area contributed by atoms with Gasteiger partial charge in [-0.25, -0.2) is 8.42 Å². The van der Waals surface area contributed by atoms with E-state index < -0.39 is 14.6 Å². The number of phenolic OH excluding ortho intramolecular Hbond substituents is 1. The van der Waals surface area contributed by atoms with Gasteiger partial charge in [0.1, 0.15) is 10.5 Å². The van der Waals surface area contributed by atoms with Crippen molar-refractivity contribution in [3.05, 3.63) is 59.9 Å².